The Bertz CT molecular complexity index is 869. The van der Waals surface area contributed by atoms with Crippen molar-refractivity contribution in [1.82, 2.24) is 4.98 Å². The van der Waals surface area contributed by atoms with E-state index < -0.39 is 0 Å². The minimum atomic E-state index is 0.573. The van der Waals surface area contributed by atoms with Crippen LogP contribution in [0, 0.1) is 11.3 Å². The molecule has 0 spiro atoms. The molecule has 0 atom stereocenters. The topological polar surface area (TPSA) is 36.7 Å². The van der Waals surface area contributed by atoms with Crippen LogP contribution < -0.4 is 0 Å². The van der Waals surface area contributed by atoms with Gasteiger partial charge in [-0.15, -0.1) is 11.3 Å². The number of hydrogen-bond acceptors (Lipinski definition) is 3. The third-order valence-electron chi connectivity index (χ3n) is 3.28. The third-order valence-corrected chi connectivity index (χ3v) is 4.15. The Hall–Kier alpha value is -2.96. The zero-order valence-corrected chi connectivity index (χ0v) is 13.2. The summed E-state index contributed by atoms with van der Waals surface area (Å²) in [6.07, 6.45) is 5.67. The molecule has 2 nitrogen and oxygen atoms in total. The molecule has 0 unspecified atom stereocenters. The van der Waals surface area contributed by atoms with E-state index in [4.69, 9.17) is 0 Å². The highest BCUT2D eigenvalue weighted by atomic mass is 32.1. The summed E-state index contributed by atoms with van der Waals surface area (Å²) in [5, 5.41) is 12.1. The Balaban J connectivity index is 1.82. The standard InChI is InChI=1S/C20H14N2S/c21-14-18(13-7-10-16-8-3-1-4-9-16)20-22-19(15-23-20)17-11-5-2-6-12-17/h1-13,15H. The summed E-state index contributed by atoms with van der Waals surface area (Å²) in [7, 11) is 0. The van der Waals surface area contributed by atoms with Gasteiger partial charge in [0, 0.05) is 10.9 Å². The molecule has 0 radical (unpaired) electrons. The lowest BCUT2D eigenvalue weighted by Crippen LogP contribution is -1.81. The van der Waals surface area contributed by atoms with Gasteiger partial charge >= 0.3 is 0 Å². The zero-order valence-electron chi connectivity index (χ0n) is 12.4. The first-order valence-electron chi connectivity index (χ1n) is 7.21. The summed E-state index contributed by atoms with van der Waals surface area (Å²) in [5.74, 6) is 0. The normalized spacial score (nSPS) is 11.5. The largest absolute Gasteiger partial charge is 0.235 e. The highest BCUT2D eigenvalue weighted by Gasteiger charge is 2.07. The van der Waals surface area contributed by atoms with Crippen LogP contribution in [0.25, 0.3) is 22.9 Å². The molecule has 0 fully saturated rings. The van der Waals surface area contributed by atoms with Crippen molar-refractivity contribution in [2.24, 2.45) is 0 Å². The maximum absolute atomic E-state index is 9.37. The van der Waals surface area contributed by atoms with Crippen molar-refractivity contribution in [3.05, 3.63) is 88.8 Å². The first-order valence-corrected chi connectivity index (χ1v) is 8.09. The summed E-state index contributed by atoms with van der Waals surface area (Å²) in [5.41, 5.74) is 3.64. The van der Waals surface area contributed by atoms with Crippen molar-refractivity contribution < 1.29 is 0 Å². The van der Waals surface area contributed by atoms with Gasteiger partial charge in [0.05, 0.1) is 11.3 Å². The van der Waals surface area contributed by atoms with Crippen molar-refractivity contribution in [1.29, 1.82) is 5.26 Å². The summed E-state index contributed by atoms with van der Waals surface area (Å²) in [4.78, 5) is 4.57. The Morgan fingerprint density at radius 3 is 2.39 bits per heavy atom. The summed E-state index contributed by atoms with van der Waals surface area (Å²) < 4.78 is 0. The first kappa shape index (κ1) is 15.0. The Morgan fingerprint density at radius 2 is 1.70 bits per heavy atom. The molecule has 3 heteroatoms. The summed E-state index contributed by atoms with van der Waals surface area (Å²) >= 11 is 1.49. The minimum Gasteiger partial charge on any atom is -0.235 e. The van der Waals surface area contributed by atoms with Gasteiger partial charge in [-0.25, -0.2) is 4.98 Å². The fourth-order valence-electron chi connectivity index (χ4n) is 2.11. The highest BCUT2D eigenvalue weighted by molar-refractivity contribution is 7.11. The third kappa shape index (κ3) is 3.82. The molecule has 110 valence electrons. The van der Waals surface area contributed by atoms with E-state index in [-0.39, 0.29) is 0 Å². The summed E-state index contributed by atoms with van der Waals surface area (Å²) in [6, 6.07) is 22.2. The molecular formula is C20H14N2S. The van der Waals surface area contributed by atoms with Gasteiger partial charge in [0.15, 0.2) is 0 Å². The molecule has 0 amide bonds. The van der Waals surface area contributed by atoms with Crippen LogP contribution in [0.5, 0.6) is 0 Å². The predicted octanol–water partition coefficient (Wildman–Crippen LogP) is 5.43. The van der Waals surface area contributed by atoms with Gasteiger partial charge in [-0.1, -0.05) is 72.8 Å². The van der Waals surface area contributed by atoms with Crippen molar-refractivity contribution in [3.8, 4) is 17.3 Å². The number of nitrogens with zero attached hydrogens (tertiary/aromatic N) is 2. The van der Waals surface area contributed by atoms with Crippen LogP contribution in [0.15, 0.2) is 78.2 Å². The van der Waals surface area contributed by atoms with E-state index in [9.17, 15) is 5.26 Å². The second kappa shape index (κ2) is 7.35. The van der Waals surface area contributed by atoms with Crippen LogP contribution in [-0.4, -0.2) is 4.98 Å². The molecule has 23 heavy (non-hydrogen) atoms. The van der Waals surface area contributed by atoms with Crippen LogP contribution in [0.1, 0.15) is 10.6 Å². The molecule has 0 bridgehead atoms. The van der Waals surface area contributed by atoms with E-state index in [1.807, 2.05) is 78.2 Å². The van der Waals surface area contributed by atoms with Crippen LogP contribution in [0.4, 0.5) is 0 Å². The van der Waals surface area contributed by atoms with Crippen molar-refractivity contribution >= 4 is 23.0 Å². The molecular weight excluding hydrogens is 300 g/mol. The summed E-state index contributed by atoms with van der Waals surface area (Å²) in [6.45, 7) is 0. The van der Waals surface area contributed by atoms with Gasteiger partial charge in [0.25, 0.3) is 0 Å². The van der Waals surface area contributed by atoms with Crippen LogP contribution >= 0.6 is 11.3 Å². The van der Waals surface area contributed by atoms with E-state index >= 15 is 0 Å². The predicted molar refractivity (Wildman–Crippen MR) is 96.6 cm³/mol. The molecule has 0 N–H and O–H groups in total. The molecule has 2 aromatic carbocycles. The van der Waals surface area contributed by atoms with Gasteiger partial charge in [-0.3, -0.25) is 0 Å². The second-order valence-electron chi connectivity index (χ2n) is 4.87. The second-order valence-corrected chi connectivity index (χ2v) is 5.72. The quantitative estimate of drug-likeness (QED) is 0.475. The molecule has 0 aliphatic carbocycles. The Labute approximate surface area is 139 Å². The lowest BCUT2D eigenvalue weighted by molar-refractivity contribution is 1.37. The van der Waals surface area contributed by atoms with Gasteiger partial charge in [0.1, 0.15) is 11.1 Å². The van der Waals surface area contributed by atoms with E-state index in [1.54, 1.807) is 6.08 Å². The Kier molecular flexibility index (Phi) is 4.78. The monoisotopic (exact) mass is 314 g/mol. The van der Waals surface area contributed by atoms with Crippen LogP contribution in [-0.2, 0) is 0 Å². The van der Waals surface area contributed by atoms with Gasteiger partial charge < -0.3 is 0 Å². The van der Waals surface area contributed by atoms with Crippen molar-refractivity contribution in [2.45, 2.75) is 0 Å². The number of benzene rings is 2. The van der Waals surface area contributed by atoms with Crippen LogP contribution in [0.3, 0.4) is 0 Å². The van der Waals surface area contributed by atoms with Gasteiger partial charge in [-0.05, 0) is 11.6 Å². The molecule has 1 heterocycles. The molecule has 0 saturated heterocycles. The van der Waals surface area contributed by atoms with E-state index in [1.165, 1.54) is 11.3 Å². The smallest absolute Gasteiger partial charge is 0.134 e. The van der Waals surface area contributed by atoms with E-state index in [2.05, 4.69) is 11.1 Å². The number of thiazole rings is 1. The van der Waals surface area contributed by atoms with Gasteiger partial charge in [-0.2, -0.15) is 5.26 Å². The molecule has 3 aromatic rings. The number of rotatable bonds is 4. The lowest BCUT2D eigenvalue weighted by atomic mass is 10.2. The molecule has 3 rings (SSSR count). The number of aromatic nitrogens is 1. The molecule has 0 aliphatic rings. The SMILES string of the molecule is N#CC(=CC=Cc1ccccc1)c1nc(-c2ccccc2)cs1. The maximum atomic E-state index is 9.37. The highest BCUT2D eigenvalue weighted by Crippen LogP contribution is 2.25. The zero-order chi connectivity index (χ0) is 15.9. The maximum Gasteiger partial charge on any atom is 0.134 e. The molecule has 0 saturated carbocycles. The van der Waals surface area contributed by atoms with Gasteiger partial charge in [0.2, 0.25) is 0 Å². The van der Waals surface area contributed by atoms with E-state index in [0.717, 1.165) is 21.8 Å². The molecule has 1 aromatic heterocycles. The van der Waals surface area contributed by atoms with Crippen molar-refractivity contribution in [3.63, 3.8) is 0 Å². The average Bonchev–Trinajstić information content (AvgIpc) is 3.10. The van der Waals surface area contributed by atoms with Crippen LogP contribution in [0.2, 0.25) is 0 Å². The molecule has 0 aliphatic heterocycles. The minimum absolute atomic E-state index is 0.573. The van der Waals surface area contributed by atoms with E-state index in [0.29, 0.717) is 5.57 Å². The fourth-order valence-corrected chi connectivity index (χ4v) is 2.92. The van der Waals surface area contributed by atoms with Crippen molar-refractivity contribution in [2.75, 3.05) is 0 Å². The number of hydrogen-bond donors (Lipinski definition) is 0. The average molecular weight is 314 g/mol. The first-order chi connectivity index (χ1) is 11.4. The fraction of sp³-hybridized carbons (Fsp3) is 0. The number of allylic oxidation sites excluding steroid dienone is 3. The number of nitriles is 1. The Morgan fingerprint density at radius 1 is 1.00 bits per heavy atom. The lowest BCUT2D eigenvalue weighted by Gasteiger charge is -1.94.